The van der Waals surface area contributed by atoms with Gasteiger partial charge in [-0.15, -0.1) is 15.3 Å². The molecule has 4 heterocycles. The van der Waals surface area contributed by atoms with E-state index in [9.17, 15) is 13.6 Å². The average molecular weight is 469 g/mol. The van der Waals surface area contributed by atoms with Crippen molar-refractivity contribution in [1.29, 1.82) is 0 Å². The van der Waals surface area contributed by atoms with Crippen molar-refractivity contribution in [1.82, 2.24) is 30.5 Å². The molecule has 1 aliphatic carbocycles. The number of nitrogens with zero attached hydrogens (tertiary/aromatic N) is 6. The van der Waals surface area contributed by atoms with E-state index in [4.69, 9.17) is 4.74 Å². The fraction of sp³-hybridized carbons (Fsp3) is 0.435. The molecule has 1 N–H and O–H groups in total. The van der Waals surface area contributed by atoms with Crippen molar-refractivity contribution in [2.24, 2.45) is 5.92 Å². The first-order valence-corrected chi connectivity index (χ1v) is 11.2. The summed E-state index contributed by atoms with van der Waals surface area (Å²) in [5.74, 6) is 1.53. The maximum absolute atomic E-state index is 12.8. The van der Waals surface area contributed by atoms with Crippen molar-refractivity contribution in [2.45, 2.75) is 45.3 Å². The highest BCUT2D eigenvalue weighted by Gasteiger charge is 2.61. The number of hydrogen-bond donors (Lipinski definition) is 1. The quantitative estimate of drug-likeness (QED) is 0.542. The monoisotopic (exact) mass is 469 g/mol. The predicted molar refractivity (Wildman–Crippen MR) is 119 cm³/mol. The number of carbonyl (C=O) groups is 1. The molecular formula is C23H25F2N7O2. The first-order chi connectivity index (χ1) is 16.4. The van der Waals surface area contributed by atoms with E-state index in [1.54, 1.807) is 29.8 Å². The van der Waals surface area contributed by atoms with E-state index in [0.29, 0.717) is 41.2 Å². The second-order valence-electron chi connectivity index (χ2n) is 8.72. The van der Waals surface area contributed by atoms with Gasteiger partial charge in [0, 0.05) is 24.7 Å². The van der Waals surface area contributed by atoms with Gasteiger partial charge < -0.3 is 15.0 Å². The van der Waals surface area contributed by atoms with Crippen LogP contribution in [0.1, 0.15) is 43.1 Å². The van der Waals surface area contributed by atoms with Gasteiger partial charge in [0.25, 0.3) is 6.43 Å². The van der Waals surface area contributed by atoms with Gasteiger partial charge in [-0.2, -0.15) is 0 Å². The van der Waals surface area contributed by atoms with E-state index < -0.39 is 12.0 Å². The molecule has 11 heteroatoms. The standard InChI is InChI=1S/C23H25F2N7O2/c1-3-26-22(33)23-10-15(11-23)12-31(23)19-8-9-20(29-28-19)34-13-18-14(2)27-30-32(18)17-6-4-16(5-7-17)21(24)25/h4-9,15,21H,3,10-13H2,1-2H3,(H,26,33). The number of benzene rings is 1. The third-order valence-electron chi connectivity index (χ3n) is 6.58. The van der Waals surface area contributed by atoms with Crippen LogP contribution < -0.4 is 15.0 Å². The lowest BCUT2D eigenvalue weighted by Crippen LogP contribution is -2.58. The first kappa shape index (κ1) is 22.2. The Morgan fingerprint density at radius 3 is 2.59 bits per heavy atom. The molecule has 34 heavy (non-hydrogen) atoms. The fourth-order valence-corrected chi connectivity index (χ4v) is 4.81. The summed E-state index contributed by atoms with van der Waals surface area (Å²) in [6.45, 7) is 5.22. The normalized spacial score (nSPS) is 21.0. The Kier molecular flexibility index (Phi) is 5.62. The number of carbonyl (C=O) groups excluding carboxylic acids is 1. The molecule has 1 aromatic carbocycles. The summed E-state index contributed by atoms with van der Waals surface area (Å²) in [5.41, 5.74) is 1.36. The number of halogens is 2. The third-order valence-corrected chi connectivity index (χ3v) is 6.58. The van der Waals surface area contributed by atoms with Crippen LogP contribution in [0.2, 0.25) is 0 Å². The Morgan fingerprint density at radius 1 is 1.18 bits per heavy atom. The summed E-state index contributed by atoms with van der Waals surface area (Å²) in [7, 11) is 0. The summed E-state index contributed by atoms with van der Waals surface area (Å²) in [4.78, 5) is 14.7. The van der Waals surface area contributed by atoms with Gasteiger partial charge in [-0.05, 0) is 50.8 Å². The van der Waals surface area contributed by atoms with Crippen LogP contribution in [0.15, 0.2) is 36.4 Å². The molecule has 3 aromatic rings. The smallest absolute Gasteiger partial charge is 0.263 e. The van der Waals surface area contributed by atoms with E-state index in [-0.39, 0.29) is 18.1 Å². The zero-order valence-electron chi connectivity index (χ0n) is 18.9. The topological polar surface area (TPSA) is 98.1 Å². The molecular weight excluding hydrogens is 444 g/mol. The maximum Gasteiger partial charge on any atom is 0.263 e. The zero-order valence-corrected chi connectivity index (χ0v) is 18.9. The Bertz CT molecular complexity index is 1180. The Morgan fingerprint density at radius 2 is 1.94 bits per heavy atom. The molecule has 3 fully saturated rings. The van der Waals surface area contributed by atoms with E-state index >= 15 is 0 Å². The van der Waals surface area contributed by atoms with Gasteiger partial charge in [0.1, 0.15) is 17.8 Å². The predicted octanol–water partition coefficient (Wildman–Crippen LogP) is 2.99. The van der Waals surface area contributed by atoms with Crippen molar-refractivity contribution in [3.05, 3.63) is 53.3 Å². The number of aromatic nitrogens is 5. The number of alkyl halides is 2. The number of ether oxygens (including phenoxy) is 1. The van der Waals surface area contributed by atoms with Crippen LogP contribution in [0, 0.1) is 12.8 Å². The minimum Gasteiger partial charge on any atom is -0.470 e. The average Bonchev–Trinajstić information content (AvgIpc) is 3.50. The Labute approximate surface area is 195 Å². The summed E-state index contributed by atoms with van der Waals surface area (Å²) in [5, 5.41) is 19.6. The summed E-state index contributed by atoms with van der Waals surface area (Å²) in [6, 6.07) is 9.41. The van der Waals surface area contributed by atoms with E-state index in [1.807, 2.05) is 17.9 Å². The van der Waals surface area contributed by atoms with E-state index in [2.05, 4.69) is 25.8 Å². The minimum atomic E-state index is -2.53. The second kappa shape index (κ2) is 8.62. The zero-order chi connectivity index (χ0) is 23.9. The number of nitrogens with one attached hydrogen (secondary N) is 1. The number of rotatable bonds is 8. The van der Waals surface area contributed by atoms with Gasteiger partial charge in [0.15, 0.2) is 5.82 Å². The summed E-state index contributed by atoms with van der Waals surface area (Å²) >= 11 is 0. The molecule has 1 saturated carbocycles. The summed E-state index contributed by atoms with van der Waals surface area (Å²) in [6.07, 6.45) is -0.848. The largest absolute Gasteiger partial charge is 0.470 e. The number of amides is 1. The van der Waals surface area contributed by atoms with Gasteiger partial charge in [0.2, 0.25) is 11.8 Å². The number of aryl methyl sites for hydroxylation is 1. The fourth-order valence-electron chi connectivity index (χ4n) is 4.81. The molecule has 2 saturated heterocycles. The highest BCUT2D eigenvalue weighted by molar-refractivity contribution is 5.92. The molecule has 1 amide bonds. The molecule has 0 spiro atoms. The maximum atomic E-state index is 12.8. The summed E-state index contributed by atoms with van der Waals surface area (Å²) < 4.78 is 33.1. The minimum absolute atomic E-state index is 0.0451. The van der Waals surface area contributed by atoms with Crippen molar-refractivity contribution < 1.29 is 18.3 Å². The van der Waals surface area contributed by atoms with Crippen LogP contribution in [0.3, 0.4) is 0 Å². The second-order valence-corrected chi connectivity index (χ2v) is 8.72. The lowest BCUT2D eigenvalue weighted by molar-refractivity contribution is -0.128. The van der Waals surface area contributed by atoms with Gasteiger partial charge >= 0.3 is 0 Å². The van der Waals surface area contributed by atoms with Gasteiger partial charge in [-0.3, -0.25) is 4.79 Å². The van der Waals surface area contributed by atoms with Crippen LogP contribution in [0.5, 0.6) is 5.88 Å². The molecule has 6 rings (SSSR count). The van der Waals surface area contributed by atoms with Gasteiger partial charge in [0.05, 0.1) is 11.4 Å². The molecule has 3 aliphatic rings. The molecule has 178 valence electrons. The van der Waals surface area contributed by atoms with Crippen LogP contribution in [-0.4, -0.2) is 49.7 Å². The number of likely N-dealkylation sites (N-methyl/N-ethyl adjacent to an activating group) is 1. The lowest BCUT2D eigenvalue weighted by atomic mass is 9.72. The number of fused-ring (bicyclic) bond motifs is 1. The van der Waals surface area contributed by atoms with Crippen molar-refractivity contribution in [3.63, 3.8) is 0 Å². The third kappa shape index (κ3) is 3.74. The highest BCUT2D eigenvalue weighted by Crippen LogP contribution is 2.52. The van der Waals surface area contributed by atoms with Crippen LogP contribution in [0.25, 0.3) is 5.69 Å². The SMILES string of the molecule is CCNC(=O)C12CC(CN1c1ccc(OCc3c(C)nnn3-c3ccc(C(F)F)cc3)nn1)C2. The van der Waals surface area contributed by atoms with E-state index in [0.717, 1.165) is 19.4 Å². The van der Waals surface area contributed by atoms with Crippen molar-refractivity contribution in [2.75, 3.05) is 18.0 Å². The molecule has 2 aromatic heterocycles. The highest BCUT2D eigenvalue weighted by atomic mass is 19.3. The van der Waals surface area contributed by atoms with Crippen LogP contribution >= 0.6 is 0 Å². The molecule has 9 nitrogen and oxygen atoms in total. The Hall–Kier alpha value is -3.63. The number of anilines is 1. The van der Waals surface area contributed by atoms with Crippen LogP contribution in [0.4, 0.5) is 14.6 Å². The lowest BCUT2D eigenvalue weighted by Gasteiger charge is -2.40. The molecule has 2 bridgehead atoms. The first-order valence-electron chi connectivity index (χ1n) is 11.2. The molecule has 2 aliphatic heterocycles. The molecule has 0 unspecified atom stereocenters. The van der Waals surface area contributed by atoms with Crippen LogP contribution in [-0.2, 0) is 11.4 Å². The van der Waals surface area contributed by atoms with Gasteiger partial charge in [-0.25, -0.2) is 13.5 Å². The van der Waals surface area contributed by atoms with Gasteiger partial charge in [-0.1, -0.05) is 17.3 Å². The molecule has 0 atom stereocenters. The van der Waals surface area contributed by atoms with E-state index in [1.165, 1.54) is 12.1 Å². The van der Waals surface area contributed by atoms with Crippen molar-refractivity contribution >= 4 is 11.7 Å². The van der Waals surface area contributed by atoms with Crippen molar-refractivity contribution in [3.8, 4) is 11.6 Å². The number of hydrogen-bond acceptors (Lipinski definition) is 7. The Balaban J connectivity index is 1.28. The molecule has 0 radical (unpaired) electrons.